The molecule has 0 aliphatic carbocycles. The van der Waals surface area contributed by atoms with Crippen LogP contribution in [0.4, 0.5) is 0 Å². The summed E-state index contributed by atoms with van der Waals surface area (Å²) >= 11 is 6.62. The molecule has 0 spiro atoms. The monoisotopic (exact) mass is 584 g/mol. The van der Waals surface area contributed by atoms with Gasteiger partial charge >= 0.3 is 198 Å². The van der Waals surface area contributed by atoms with Crippen LogP contribution in [0.5, 0.6) is 0 Å². The van der Waals surface area contributed by atoms with Crippen molar-refractivity contribution in [3.05, 3.63) is 36.4 Å². The van der Waals surface area contributed by atoms with E-state index in [-0.39, 0.29) is 24.4 Å². The first kappa shape index (κ1) is 26.7. The Balaban J connectivity index is 2.86. The maximum absolute atomic E-state index is 6.43. The Morgan fingerprint density at radius 1 is 0.567 bits per heavy atom. The van der Waals surface area contributed by atoms with E-state index in [0.29, 0.717) is 0 Å². The molecule has 0 radical (unpaired) electrons. The molecule has 0 atom stereocenters. The molecule has 2 aromatic rings. The van der Waals surface area contributed by atoms with E-state index in [1.165, 1.54) is 0 Å². The predicted molar refractivity (Wildman–Crippen MR) is 133 cm³/mol. The average Bonchev–Trinajstić information content (AvgIpc) is 2.57. The molecule has 0 aliphatic heterocycles. The second-order valence-electron chi connectivity index (χ2n) is 8.26. The second kappa shape index (κ2) is 11.0. The van der Waals surface area contributed by atoms with Crippen molar-refractivity contribution in [2.45, 2.75) is 79.8 Å². The van der Waals surface area contributed by atoms with Gasteiger partial charge in [-0.05, 0) is 0 Å². The van der Waals surface area contributed by atoms with Crippen LogP contribution in [0.3, 0.4) is 0 Å². The van der Waals surface area contributed by atoms with Crippen molar-refractivity contribution in [3.8, 4) is 0 Å². The molecule has 8 heteroatoms. The van der Waals surface area contributed by atoms with Crippen LogP contribution >= 0.6 is 11.9 Å². The summed E-state index contributed by atoms with van der Waals surface area (Å²) in [6.45, 7) is 16.3. The molecule has 0 heterocycles. The first-order valence-corrected chi connectivity index (χ1v) is 18.0. The minimum atomic E-state index is -2.48. The van der Waals surface area contributed by atoms with E-state index >= 15 is 0 Å². The van der Waals surface area contributed by atoms with Gasteiger partial charge in [-0.3, -0.25) is 0 Å². The van der Waals surface area contributed by atoms with Crippen molar-refractivity contribution in [1.29, 1.82) is 0 Å². The molecule has 0 amide bonds. The van der Waals surface area contributed by atoms with Crippen LogP contribution in [0.1, 0.15) is 55.4 Å². The van der Waals surface area contributed by atoms with Crippen molar-refractivity contribution in [2.75, 3.05) is 0 Å². The Labute approximate surface area is 197 Å². The van der Waals surface area contributed by atoms with Crippen LogP contribution in [0.2, 0.25) is 0 Å². The molecule has 168 valence electrons. The molecule has 2 aromatic carbocycles. The van der Waals surface area contributed by atoms with Gasteiger partial charge in [0.1, 0.15) is 0 Å². The quantitative estimate of drug-likeness (QED) is 0.268. The van der Waals surface area contributed by atoms with Gasteiger partial charge < -0.3 is 0 Å². The summed E-state index contributed by atoms with van der Waals surface area (Å²) in [6.07, 6.45) is 0.0827. The van der Waals surface area contributed by atoms with Crippen LogP contribution in [-0.4, -0.2) is 54.6 Å². The third-order valence-corrected chi connectivity index (χ3v) is 13.2. The predicted octanol–water partition coefficient (Wildman–Crippen LogP) is 5.65. The number of benzene rings is 2. The minimum absolute atomic E-state index is 0.0207. The van der Waals surface area contributed by atoms with E-state index in [0.717, 1.165) is 21.4 Å². The van der Waals surface area contributed by atoms with Gasteiger partial charge in [-0.1, -0.05) is 0 Å². The van der Waals surface area contributed by atoms with Gasteiger partial charge in [0.05, 0.1) is 0 Å². The Morgan fingerprint density at radius 3 is 1.13 bits per heavy atom. The van der Waals surface area contributed by atoms with Gasteiger partial charge in [-0.15, -0.1) is 0 Å². The van der Waals surface area contributed by atoms with Gasteiger partial charge in [0.15, 0.2) is 0 Å². The normalized spacial score (nSPS) is 13.3. The molecule has 0 aliphatic rings. The second-order valence-corrected chi connectivity index (χ2v) is 18.1. The fraction of sp³-hybridized carbons (Fsp3) is 0.545. The zero-order valence-electron chi connectivity index (χ0n) is 19.1. The summed E-state index contributed by atoms with van der Waals surface area (Å²) < 4.78 is 25.7. The van der Waals surface area contributed by atoms with E-state index in [4.69, 9.17) is 18.1 Å². The molecule has 2 rings (SSSR count). The van der Waals surface area contributed by atoms with Crippen LogP contribution < -0.4 is 10.6 Å². The fourth-order valence-corrected chi connectivity index (χ4v) is 13.8. The Kier molecular flexibility index (Phi) is 9.82. The molecular formula is C22H34O4P2Se2. The van der Waals surface area contributed by atoms with Crippen molar-refractivity contribution in [2.24, 2.45) is 0 Å². The Bertz CT molecular complexity index is 857. The molecule has 0 aromatic heterocycles. The van der Waals surface area contributed by atoms with Crippen molar-refractivity contribution in [3.63, 3.8) is 0 Å². The molecule has 0 saturated heterocycles. The first-order chi connectivity index (χ1) is 13.9. The molecule has 0 unspecified atom stereocenters. The topological polar surface area (TPSA) is 36.9 Å². The fourth-order valence-electron chi connectivity index (χ4n) is 3.15. The molecule has 0 fully saturated rings. The number of hydrogen-bond acceptors (Lipinski definition) is 4. The first-order valence-electron chi connectivity index (χ1n) is 10.3. The van der Waals surface area contributed by atoms with Gasteiger partial charge in [0.25, 0.3) is 0 Å². The van der Waals surface area contributed by atoms with Crippen molar-refractivity contribution < 1.29 is 18.1 Å². The Morgan fingerprint density at radius 2 is 0.867 bits per heavy atom. The summed E-state index contributed by atoms with van der Waals surface area (Å²) in [7, 11) is 0. The standard InChI is InChI=1S/C22H34O4P2Se2/c1-15(2)23-27(29,24-16(3)4)20-13-9-11-19-12-10-14-21(22(19)20)28(30,25-17(5)6)26-18(7)8/h9-18H,1-8H3. The summed E-state index contributed by atoms with van der Waals surface area (Å²) in [5, 5.41) is 4.28. The molecular weight excluding hydrogens is 548 g/mol. The van der Waals surface area contributed by atoms with Crippen LogP contribution in [0.25, 0.3) is 10.8 Å². The van der Waals surface area contributed by atoms with Crippen LogP contribution in [0.15, 0.2) is 36.4 Å². The SMILES string of the molecule is CC(C)OP(=[Se])(OC(C)C)c1cccc2cccc(P(=[Se])(OC(C)C)OC(C)C)c12. The van der Waals surface area contributed by atoms with E-state index in [9.17, 15) is 0 Å². The molecule has 0 bridgehead atoms. The van der Waals surface area contributed by atoms with Gasteiger partial charge in [-0.25, -0.2) is 0 Å². The summed E-state index contributed by atoms with van der Waals surface area (Å²) in [5.41, 5.74) is 0. The van der Waals surface area contributed by atoms with E-state index in [1.807, 2.05) is 55.4 Å². The summed E-state index contributed by atoms with van der Waals surface area (Å²) in [6, 6.07) is 12.6. The Hall–Kier alpha value is 0.439. The van der Waals surface area contributed by atoms with Gasteiger partial charge in [0.2, 0.25) is 0 Å². The molecule has 0 N–H and O–H groups in total. The average molecular weight is 582 g/mol. The van der Waals surface area contributed by atoms with Crippen molar-refractivity contribution >= 4 is 63.5 Å². The molecule has 0 saturated carbocycles. The van der Waals surface area contributed by atoms with Crippen LogP contribution in [-0.2, 0) is 18.1 Å². The van der Waals surface area contributed by atoms with Gasteiger partial charge in [0, 0.05) is 0 Å². The number of fused-ring (bicyclic) bond motifs is 1. The third-order valence-electron chi connectivity index (χ3n) is 3.85. The van der Waals surface area contributed by atoms with Crippen LogP contribution in [0, 0.1) is 0 Å². The maximum atomic E-state index is 6.43. The molecule has 4 nitrogen and oxygen atoms in total. The zero-order chi connectivity index (χ0) is 22.7. The van der Waals surface area contributed by atoms with Gasteiger partial charge in [-0.2, -0.15) is 0 Å². The van der Waals surface area contributed by atoms with Crippen molar-refractivity contribution in [1.82, 2.24) is 0 Å². The number of hydrogen-bond donors (Lipinski definition) is 0. The van der Waals surface area contributed by atoms with E-state index in [1.54, 1.807) is 0 Å². The molecule has 30 heavy (non-hydrogen) atoms. The van der Waals surface area contributed by atoms with E-state index in [2.05, 4.69) is 66.6 Å². The number of rotatable bonds is 10. The van der Waals surface area contributed by atoms with E-state index < -0.39 is 11.9 Å². The third kappa shape index (κ3) is 6.72. The zero-order valence-corrected chi connectivity index (χ0v) is 24.3. The summed E-state index contributed by atoms with van der Waals surface area (Å²) in [5.74, 6) is -4.95. The summed E-state index contributed by atoms with van der Waals surface area (Å²) in [4.78, 5) is 0.